The summed E-state index contributed by atoms with van der Waals surface area (Å²) >= 11 is 0. The molecule has 2 fully saturated rings. The Labute approximate surface area is 149 Å². The topological polar surface area (TPSA) is 58.6 Å². The average Bonchev–Trinajstić information content (AvgIpc) is 3.07. The van der Waals surface area contributed by atoms with Crippen LogP contribution in [-0.4, -0.2) is 43.5 Å². The van der Waals surface area contributed by atoms with Crippen LogP contribution in [0.15, 0.2) is 24.3 Å². The first-order chi connectivity index (χ1) is 12.0. The minimum absolute atomic E-state index is 0.0777. The summed E-state index contributed by atoms with van der Waals surface area (Å²) in [5.74, 6) is 1.15. The number of amides is 2. The highest BCUT2D eigenvalue weighted by Crippen LogP contribution is 2.47. The maximum Gasteiger partial charge on any atom is 0.222 e. The number of rotatable bonds is 6. The highest BCUT2D eigenvalue weighted by atomic mass is 16.5. The number of methoxy groups -OCH3 is 1. The molecule has 5 heteroatoms. The molecule has 1 heterocycles. The van der Waals surface area contributed by atoms with Gasteiger partial charge in [0.15, 0.2) is 0 Å². The molecule has 1 aliphatic carbocycles. The van der Waals surface area contributed by atoms with Gasteiger partial charge in [0.2, 0.25) is 11.8 Å². The second kappa shape index (κ2) is 7.46. The highest BCUT2D eigenvalue weighted by Gasteiger charge is 2.48. The van der Waals surface area contributed by atoms with E-state index in [2.05, 4.69) is 5.32 Å². The predicted molar refractivity (Wildman–Crippen MR) is 96.4 cm³/mol. The monoisotopic (exact) mass is 344 g/mol. The van der Waals surface area contributed by atoms with Gasteiger partial charge in [0.1, 0.15) is 5.75 Å². The van der Waals surface area contributed by atoms with Gasteiger partial charge in [0, 0.05) is 37.9 Å². The third kappa shape index (κ3) is 3.80. The largest absolute Gasteiger partial charge is 0.497 e. The van der Waals surface area contributed by atoms with Gasteiger partial charge < -0.3 is 15.0 Å². The molecule has 1 N–H and O–H groups in total. The highest BCUT2D eigenvalue weighted by molar-refractivity contribution is 5.78. The Hall–Kier alpha value is -2.04. The van der Waals surface area contributed by atoms with Crippen LogP contribution in [0.4, 0.5) is 0 Å². The number of carbonyl (C=O) groups is 2. The van der Waals surface area contributed by atoms with Crippen molar-refractivity contribution in [1.82, 2.24) is 10.2 Å². The van der Waals surface area contributed by atoms with Gasteiger partial charge in [-0.3, -0.25) is 9.59 Å². The number of nitrogens with one attached hydrogen (secondary N) is 1. The molecule has 5 nitrogen and oxygen atoms in total. The van der Waals surface area contributed by atoms with E-state index in [0.29, 0.717) is 25.8 Å². The van der Waals surface area contributed by atoms with Gasteiger partial charge in [-0.25, -0.2) is 0 Å². The van der Waals surface area contributed by atoms with Crippen LogP contribution in [0.1, 0.15) is 44.1 Å². The number of ether oxygens (including phenoxy) is 1. The van der Waals surface area contributed by atoms with Crippen molar-refractivity contribution in [2.75, 3.05) is 20.7 Å². The molecular formula is C20H28N2O3. The van der Waals surface area contributed by atoms with Crippen molar-refractivity contribution in [2.45, 2.75) is 51.0 Å². The SMILES string of the molecule is COc1cccc(CCC(=O)NC[C@@]23CCC[C@H]2N(C)C(=O)CC3)c1. The van der Waals surface area contributed by atoms with Gasteiger partial charge in [-0.15, -0.1) is 0 Å². The molecule has 136 valence electrons. The lowest BCUT2D eigenvalue weighted by atomic mass is 9.74. The van der Waals surface area contributed by atoms with Crippen molar-refractivity contribution in [3.8, 4) is 5.75 Å². The van der Waals surface area contributed by atoms with E-state index in [1.165, 1.54) is 0 Å². The second-order valence-corrected chi connectivity index (χ2v) is 7.40. The molecule has 0 aromatic heterocycles. The van der Waals surface area contributed by atoms with Gasteiger partial charge in [-0.05, 0) is 43.4 Å². The second-order valence-electron chi connectivity index (χ2n) is 7.40. The Kier molecular flexibility index (Phi) is 5.30. The zero-order valence-electron chi connectivity index (χ0n) is 15.2. The van der Waals surface area contributed by atoms with E-state index in [1.807, 2.05) is 36.2 Å². The normalized spacial score (nSPS) is 25.6. The maximum atomic E-state index is 12.3. The van der Waals surface area contributed by atoms with Gasteiger partial charge in [-0.1, -0.05) is 18.6 Å². The molecule has 0 radical (unpaired) electrons. The zero-order valence-corrected chi connectivity index (χ0v) is 15.2. The third-order valence-electron chi connectivity index (χ3n) is 5.97. The summed E-state index contributed by atoms with van der Waals surface area (Å²) in [6.07, 6.45) is 5.99. The summed E-state index contributed by atoms with van der Waals surface area (Å²) in [4.78, 5) is 26.2. The van der Waals surface area contributed by atoms with E-state index in [1.54, 1.807) is 7.11 Å². The van der Waals surface area contributed by atoms with Crippen molar-refractivity contribution in [3.05, 3.63) is 29.8 Å². The van der Waals surface area contributed by atoms with Crippen molar-refractivity contribution in [2.24, 2.45) is 5.41 Å². The number of aryl methyl sites for hydroxylation is 1. The first-order valence-corrected chi connectivity index (χ1v) is 9.19. The summed E-state index contributed by atoms with van der Waals surface area (Å²) in [5.41, 5.74) is 1.18. The number of fused-ring (bicyclic) bond motifs is 1. The Balaban J connectivity index is 1.52. The van der Waals surface area contributed by atoms with Crippen molar-refractivity contribution in [1.29, 1.82) is 0 Å². The molecule has 0 spiro atoms. The number of likely N-dealkylation sites (tertiary alicyclic amines) is 1. The number of nitrogens with zero attached hydrogens (tertiary/aromatic N) is 1. The summed E-state index contributed by atoms with van der Waals surface area (Å²) in [6, 6.07) is 8.13. The number of benzene rings is 1. The lowest BCUT2D eigenvalue weighted by Gasteiger charge is -2.44. The number of hydrogen-bond acceptors (Lipinski definition) is 3. The van der Waals surface area contributed by atoms with Crippen LogP contribution in [0.3, 0.4) is 0 Å². The first kappa shape index (κ1) is 17.8. The fourth-order valence-corrected chi connectivity index (χ4v) is 4.47. The third-order valence-corrected chi connectivity index (χ3v) is 5.97. The molecule has 0 bridgehead atoms. The van der Waals surface area contributed by atoms with E-state index in [9.17, 15) is 9.59 Å². The summed E-state index contributed by atoms with van der Waals surface area (Å²) in [7, 11) is 3.56. The molecule has 2 aliphatic rings. The van der Waals surface area contributed by atoms with Crippen LogP contribution < -0.4 is 10.1 Å². The molecule has 1 saturated carbocycles. The van der Waals surface area contributed by atoms with Gasteiger partial charge in [0.05, 0.1) is 7.11 Å². The first-order valence-electron chi connectivity index (χ1n) is 9.19. The lowest BCUT2D eigenvalue weighted by molar-refractivity contribution is -0.139. The van der Waals surface area contributed by atoms with Crippen LogP contribution >= 0.6 is 0 Å². The van der Waals surface area contributed by atoms with Gasteiger partial charge >= 0.3 is 0 Å². The van der Waals surface area contributed by atoms with Crippen molar-refractivity contribution < 1.29 is 14.3 Å². The van der Waals surface area contributed by atoms with Crippen LogP contribution in [-0.2, 0) is 16.0 Å². The fraction of sp³-hybridized carbons (Fsp3) is 0.600. The van der Waals surface area contributed by atoms with Crippen LogP contribution in [0.25, 0.3) is 0 Å². The summed E-state index contributed by atoms with van der Waals surface area (Å²) < 4.78 is 5.22. The zero-order chi connectivity index (χ0) is 17.9. The molecule has 1 aromatic carbocycles. The Morgan fingerprint density at radius 1 is 1.40 bits per heavy atom. The Bertz CT molecular complexity index is 646. The molecule has 2 amide bonds. The van der Waals surface area contributed by atoms with E-state index >= 15 is 0 Å². The Morgan fingerprint density at radius 3 is 3.04 bits per heavy atom. The predicted octanol–water partition coefficient (Wildman–Crippen LogP) is 2.54. The lowest BCUT2D eigenvalue weighted by Crippen LogP contribution is -2.54. The number of carbonyl (C=O) groups excluding carboxylic acids is 2. The molecule has 2 atom stereocenters. The summed E-state index contributed by atoms with van der Waals surface area (Å²) in [5, 5.41) is 3.14. The smallest absolute Gasteiger partial charge is 0.222 e. The number of piperidine rings is 1. The molecule has 1 aliphatic heterocycles. The quantitative estimate of drug-likeness (QED) is 0.863. The van der Waals surface area contributed by atoms with Crippen LogP contribution in [0, 0.1) is 5.41 Å². The number of hydrogen-bond donors (Lipinski definition) is 1. The average molecular weight is 344 g/mol. The van der Waals surface area contributed by atoms with Gasteiger partial charge in [0.25, 0.3) is 0 Å². The van der Waals surface area contributed by atoms with E-state index in [-0.39, 0.29) is 23.3 Å². The Morgan fingerprint density at radius 2 is 2.24 bits per heavy atom. The standard InChI is InChI=1S/C20H28N2O3/c1-22-17-7-4-11-20(17,12-10-19(22)24)14-21-18(23)9-8-15-5-3-6-16(13-15)25-2/h3,5-6,13,17H,4,7-12,14H2,1-2H3,(H,21,23)/t17-,20+/m1/s1. The van der Waals surface area contributed by atoms with Gasteiger partial charge in [-0.2, -0.15) is 0 Å². The van der Waals surface area contributed by atoms with Crippen molar-refractivity contribution >= 4 is 11.8 Å². The molecule has 1 aromatic rings. The fourth-order valence-electron chi connectivity index (χ4n) is 4.47. The maximum absolute atomic E-state index is 12.3. The van der Waals surface area contributed by atoms with Crippen molar-refractivity contribution in [3.63, 3.8) is 0 Å². The van der Waals surface area contributed by atoms with Crippen LogP contribution in [0.5, 0.6) is 5.75 Å². The molecule has 0 unspecified atom stereocenters. The van der Waals surface area contributed by atoms with E-state index in [4.69, 9.17) is 4.74 Å². The minimum atomic E-state index is 0.0777. The summed E-state index contributed by atoms with van der Waals surface area (Å²) in [6.45, 7) is 0.687. The minimum Gasteiger partial charge on any atom is -0.497 e. The molecule has 25 heavy (non-hydrogen) atoms. The van der Waals surface area contributed by atoms with E-state index in [0.717, 1.165) is 37.0 Å². The molecule has 1 saturated heterocycles. The van der Waals surface area contributed by atoms with Crippen LogP contribution in [0.2, 0.25) is 0 Å². The molecular weight excluding hydrogens is 316 g/mol. The molecule has 3 rings (SSSR count). The van der Waals surface area contributed by atoms with E-state index < -0.39 is 0 Å².